The molecule has 202 valence electrons. The van der Waals surface area contributed by atoms with Gasteiger partial charge in [0.1, 0.15) is 32.0 Å². The standard InChI is InChI=1S/C28H39N3O6/c1-28(2,3)31(24(18-32)20-35-19-21-7-5-4-6-8-21)11-9-23(10-12-31)30(27(33)34)17-22-15-25-26(16-29-22)37-14-13-36-25/h4-8,15-16,23-24,32H,9-14,17-20H2,1-3H3. The van der Waals surface area contributed by atoms with Crippen LogP contribution in [0.4, 0.5) is 4.79 Å². The Morgan fingerprint density at radius 2 is 1.86 bits per heavy atom. The van der Waals surface area contributed by atoms with Gasteiger partial charge in [-0.2, -0.15) is 0 Å². The summed E-state index contributed by atoms with van der Waals surface area (Å²) in [4.78, 5) is 18.0. The van der Waals surface area contributed by atoms with Gasteiger partial charge in [-0.15, -0.1) is 0 Å². The zero-order valence-electron chi connectivity index (χ0n) is 22.1. The molecular weight excluding hydrogens is 474 g/mol. The van der Waals surface area contributed by atoms with Crippen LogP contribution in [0.3, 0.4) is 0 Å². The number of piperidine rings is 1. The molecule has 0 bridgehead atoms. The number of amides is 1. The molecule has 9 heteroatoms. The van der Waals surface area contributed by atoms with E-state index >= 15 is 0 Å². The van der Waals surface area contributed by atoms with E-state index in [1.165, 1.54) is 4.90 Å². The van der Waals surface area contributed by atoms with Crippen LogP contribution in [0.25, 0.3) is 0 Å². The molecule has 0 spiro atoms. The van der Waals surface area contributed by atoms with Gasteiger partial charge >= 0.3 is 0 Å². The third kappa shape index (κ3) is 6.17. The Hall–Kier alpha value is -2.88. The van der Waals surface area contributed by atoms with Crippen LogP contribution in [0.5, 0.6) is 11.5 Å². The first-order valence-electron chi connectivity index (χ1n) is 13.0. The first-order valence-corrected chi connectivity index (χ1v) is 13.0. The Bertz CT molecular complexity index is 1030. The lowest BCUT2D eigenvalue weighted by Gasteiger charge is -2.57. The number of carbonyl (C=O) groups is 1. The highest BCUT2D eigenvalue weighted by Crippen LogP contribution is 2.36. The molecular formula is C28H39N3O6. The van der Waals surface area contributed by atoms with E-state index in [1.807, 2.05) is 30.3 Å². The summed E-state index contributed by atoms with van der Waals surface area (Å²) in [7, 11) is 0. The second-order valence-corrected chi connectivity index (χ2v) is 10.9. The molecule has 2 aromatic rings. The number of hydrogen-bond donors (Lipinski definition) is 1. The minimum Gasteiger partial charge on any atom is -0.530 e. The van der Waals surface area contributed by atoms with Gasteiger partial charge in [-0.25, -0.2) is 0 Å². The lowest BCUT2D eigenvalue weighted by atomic mass is 9.89. The van der Waals surface area contributed by atoms with E-state index in [1.54, 1.807) is 12.3 Å². The van der Waals surface area contributed by atoms with Crippen LogP contribution in [0, 0.1) is 0 Å². The van der Waals surface area contributed by atoms with Crippen LogP contribution in [0.15, 0.2) is 42.6 Å². The molecule has 2 aliphatic heterocycles. The summed E-state index contributed by atoms with van der Waals surface area (Å²) in [6.45, 7) is 9.99. The number of fused-ring (bicyclic) bond motifs is 1. The molecule has 1 saturated heterocycles. The van der Waals surface area contributed by atoms with Gasteiger partial charge in [-0.3, -0.25) is 4.98 Å². The number of carbonyl (C=O) groups excluding carboxylic acids is 1. The predicted octanol–water partition coefficient (Wildman–Crippen LogP) is 2.35. The van der Waals surface area contributed by atoms with Gasteiger partial charge in [0.2, 0.25) is 0 Å². The van der Waals surface area contributed by atoms with E-state index in [0.29, 0.717) is 60.9 Å². The van der Waals surface area contributed by atoms with Gasteiger partial charge < -0.3 is 38.6 Å². The second kappa shape index (κ2) is 11.7. The van der Waals surface area contributed by atoms with E-state index in [9.17, 15) is 15.0 Å². The molecule has 0 saturated carbocycles. The maximum atomic E-state index is 12.2. The number of quaternary nitrogens is 1. The summed E-state index contributed by atoms with van der Waals surface area (Å²) in [5, 5.41) is 22.6. The average molecular weight is 514 g/mol. The largest absolute Gasteiger partial charge is 0.530 e. The van der Waals surface area contributed by atoms with Crippen LogP contribution in [0.2, 0.25) is 0 Å². The van der Waals surface area contributed by atoms with E-state index in [4.69, 9.17) is 14.2 Å². The van der Waals surface area contributed by atoms with Crippen LogP contribution in [-0.4, -0.2) is 82.7 Å². The van der Waals surface area contributed by atoms with Gasteiger partial charge in [0.15, 0.2) is 11.5 Å². The van der Waals surface area contributed by atoms with Gasteiger partial charge in [0, 0.05) is 24.9 Å². The number of carboxylic acid groups (broad SMARTS) is 1. The van der Waals surface area contributed by atoms with Crippen LogP contribution < -0.4 is 14.6 Å². The first-order chi connectivity index (χ1) is 17.7. The van der Waals surface area contributed by atoms with Gasteiger partial charge in [-0.05, 0) is 26.3 Å². The lowest BCUT2D eigenvalue weighted by Crippen LogP contribution is -2.71. The van der Waals surface area contributed by atoms with Crippen molar-refractivity contribution in [3.05, 3.63) is 53.9 Å². The fourth-order valence-electron chi connectivity index (χ4n) is 5.74. The summed E-state index contributed by atoms with van der Waals surface area (Å²) in [6, 6.07) is 11.4. The number of likely N-dealkylation sites (tertiary alicyclic amines) is 1. The Kier molecular flexibility index (Phi) is 8.56. The third-order valence-corrected chi connectivity index (χ3v) is 7.88. The SMILES string of the molecule is CC(C)(C)[N+]1(C(CO)COCc2ccccc2)CCC(N(Cc2cc3c(cn2)OCCO3)C(=O)[O-])CC1. The highest BCUT2D eigenvalue weighted by atomic mass is 16.6. The molecule has 0 aliphatic carbocycles. The number of pyridine rings is 1. The Balaban J connectivity index is 1.43. The summed E-state index contributed by atoms with van der Waals surface area (Å²) < 4.78 is 17.9. The topological polar surface area (TPSA) is 104 Å². The maximum absolute atomic E-state index is 12.2. The number of aliphatic hydroxyl groups excluding tert-OH is 1. The van der Waals surface area contributed by atoms with Crippen molar-refractivity contribution in [2.24, 2.45) is 0 Å². The van der Waals surface area contributed by atoms with Crippen LogP contribution >= 0.6 is 0 Å². The quantitative estimate of drug-likeness (QED) is 0.514. The molecule has 1 aromatic carbocycles. The molecule has 3 heterocycles. The number of aliphatic hydroxyl groups is 1. The molecule has 2 aliphatic rings. The summed E-state index contributed by atoms with van der Waals surface area (Å²) in [5.41, 5.74) is 1.54. The smallest absolute Gasteiger partial charge is 0.179 e. The lowest BCUT2D eigenvalue weighted by molar-refractivity contribution is -0.996. The average Bonchev–Trinajstić information content (AvgIpc) is 2.89. The molecule has 0 radical (unpaired) electrons. The number of aromatic nitrogens is 1. The van der Waals surface area contributed by atoms with Crippen LogP contribution in [-0.2, 0) is 17.9 Å². The molecule has 1 amide bonds. The first kappa shape index (κ1) is 27.2. The highest BCUT2D eigenvalue weighted by Gasteiger charge is 2.49. The summed E-state index contributed by atoms with van der Waals surface area (Å²) in [5.74, 6) is 1.16. The van der Waals surface area contributed by atoms with E-state index in [-0.39, 0.29) is 30.8 Å². The zero-order chi connectivity index (χ0) is 26.5. The minimum atomic E-state index is -1.21. The Morgan fingerprint density at radius 1 is 1.19 bits per heavy atom. The number of benzene rings is 1. The normalized spacial score (nSPS) is 22.3. The number of ether oxygens (including phenoxy) is 3. The van der Waals surface area contributed by atoms with E-state index < -0.39 is 6.09 Å². The predicted molar refractivity (Wildman–Crippen MR) is 136 cm³/mol. The van der Waals surface area contributed by atoms with Crippen molar-refractivity contribution < 1.29 is 33.7 Å². The van der Waals surface area contributed by atoms with Gasteiger partial charge in [-0.1, -0.05) is 30.3 Å². The molecule has 1 N–H and O–H groups in total. The van der Waals surface area contributed by atoms with Crippen molar-refractivity contribution in [1.82, 2.24) is 9.88 Å². The summed E-state index contributed by atoms with van der Waals surface area (Å²) >= 11 is 0. The number of nitrogens with zero attached hydrogens (tertiary/aromatic N) is 3. The van der Waals surface area contributed by atoms with Gasteiger partial charge in [0.05, 0.1) is 50.3 Å². The molecule has 1 aromatic heterocycles. The molecule has 4 rings (SSSR count). The van der Waals surface area contributed by atoms with Crippen molar-refractivity contribution in [3.63, 3.8) is 0 Å². The molecule has 1 fully saturated rings. The van der Waals surface area contributed by atoms with Crippen molar-refractivity contribution in [3.8, 4) is 11.5 Å². The van der Waals surface area contributed by atoms with Crippen molar-refractivity contribution in [2.45, 2.75) is 64.4 Å². The van der Waals surface area contributed by atoms with Crippen molar-refractivity contribution >= 4 is 6.09 Å². The number of rotatable bonds is 9. The number of hydrogen-bond acceptors (Lipinski definition) is 7. The van der Waals surface area contributed by atoms with Crippen molar-refractivity contribution in [1.29, 1.82) is 0 Å². The third-order valence-electron chi connectivity index (χ3n) is 7.88. The Morgan fingerprint density at radius 3 is 2.49 bits per heavy atom. The van der Waals surface area contributed by atoms with E-state index in [2.05, 4.69) is 25.8 Å². The monoisotopic (exact) mass is 513 g/mol. The molecule has 9 nitrogen and oxygen atoms in total. The summed E-state index contributed by atoms with van der Waals surface area (Å²) in [6.07, 6.45) is 1.69. The van der Waals surface area contributed by atoms with Crippen LogP contribution in [0.1, 0.15) is 44.9 Å². The van der Waals surface area contributed by atoms with E-state index in [0.717, 1.165) is 18.7 Å². The Labute approximate surface area is 219 Å². The fourth-order valence-corrected chi connectivity index (χ4v) is 5.74. The van der Waals surface area contributed by atoms with Gasteiger partial charge in [0.25, 0.3) is 0 Å². The molecule has 1 atom stereocenters. The minimum absolute atomic E-state index is 0.00203. The van der Waals surface area contributed by atoms with Crippen molar-refractivity contribution in [2.75, 3.05) is 39.5 Å². The second-order valence-electron chi connectivity index (χ2n) is 10.9. The highest BCUT2D eigenvalue weighted by molar-refractivity contribution is 5.63. The zero-order valence-corrected chi connectivity index (χ0v) is 22.1. The molecule has 1 unspecified atom stereocenters. The fraction of sp³-hybridized carbons (Fsp3) is 0.571. The molecule has 37 heavy (non-hydrogen) atoms. The maximum Gasteiger partial charge on any atom is 0.179 e.